The molecule has 0 bridgehead atoms. The van der Waals surface area contributed by atoms with Crippen LogP contribution in [0.15, 0.2) is 11.9 Å². The number of allylic oxidation sites excluding steroid dienone is 1. The summed E-state index contributed by atoms with van der Waals surface area (Å²) < 4.78 is 16.7. The molecule has 0 N–H and O–H groups in total. The Morgan fingerprint density at radius 1 is 1.60 bits per heavy atom. The average molecular weight is 146 g/mol. The van der Waals surface area contributed by atoms with E-state index in [1.807, 2.05) is 0 Å². The van der Waals surface area contributed by atoms with Crippen LogP contribution in [0.4, 0.5) is 4.39 Å². The second-order valence-corrected chi connectivity index (χ2v) is 1.70. The van der Waals surface area contributed by atoms with E-state index in [1.54, 1.807) is 13.8 Å². The van der Waals surface area contributed by atoms with Gasteiger partial charge in [0.2, 0.25) is 0 Å². The molecule has 0 fully saturated rings. The highest BCUT2D eigenvalue weighted by atomic mass is 19.1. The molecule has 0 unspecified atom stereocenters. The lowest BCUT2D eigenvalue weighted by Crippen LogP contribution is -1.99. The topological polar surface area (TPSA) is 26.3 Å². The summed E-state index contributed by atoms with van der Waals surface area (Å²) in [6, 6.07) is 0. The van der Waals surface area contributed by atoms with Gasteiger partial charge in [-0.3, -0.25) is 0 Å². The molecule has 0 spiro atoms. The quantitative estimate of drug-likeness (QED) is 0.448. The molecule has 0 amide bonds. The molecule has 10 heavy (non-hydrogen) atoms. The maximum atomic E-state index is 12.3. The first-order valence-corrected chi connectivity index (χ1v) is 3.23. The molecule has 2 nitrogen and oxygen atoms in total. The smallest absolute Gasteiger partial charge is 0.333 e. The van der Waals surface area contributed by atoms with Crippen molar-refractivity contribution in [2.24, 2.45) is 0 Å². The van der Waals surface area contributed by atoms with Crippen LogP contribution < -0.4 is 0 Å². The van der Waals surface area contributed by atoms with E-state index in [4.69, 9.17) is 0 Å². The summed E-state index contributed by atoms with van der Waals surface area (Å²) in [4.78, 5) is 10.5. The molecule has 3 heteroatoms. The molecular formula is C7H11FO2. The number of halogens is 1. The molecule has 0 atom stereocenters. The van der Waals surface area contributed by atoms with Crippen molar-refractivity contribution in [1.82, 2.24) is 0 Å². The molecule has 0 aliphatic carbocycles. The number of hydrogen-bond donors (Lipinski definition) is 0. The highest BCUT2D eigenvalue weighted by Crippen LogP contribution is 2.00. The zero-order valence-electron chi connectivity index (χ0n) is 6.19. The first-order valence-electron chi connectivity index (χ1n) is 3.23. The van der Waals surface area contributed by atoms with Crippen LogP contribution in [0.2, 0.25) is 0 Å². The van der Waals surface area contributed by atoms with Crippen LogP contribution in [-0.2, 0) is 9.53 Å². The van der Waals surface area contributed by atoms with E-state index >= 15 is 0 Å². The van der Waals surface area contributed by atoms with Gasteiger partial charge in [0.25, 0.3) is 0 Å². The zero-order chi connectivity index (χ0) is 7.98. The molecule has 0 saturated heterocycles. The van der Waals surface area contributed by atoms with Gasteiger partial charge in [0.05, 0.1) is 12.7 Å². The van der Waals surface area contributed by atoms with Gasteiger partial charge in [0.15, 0.2) is 0 Å². The maximum absolute atomic E-state index is 12.3. The van der Waals surface area contributed by atoms with Crippen LogP contribution in [0.3, 0.4) is 0 Å². The van der Waals surface area contributed by atoms with Gasteiger partial charge >= 0.3 is 5.97 Å². The lowest BCUT2D eigenvalue weighted by molar-refractivity contribution is -0.137. The molecule has 0 aromatic carbocycles. The molecule has 0 aromatic heterocycles. The third kappa shape index (κ3) is 4.06. The van der Waals surface area contributed by atoms with Crippen molar-refractivity contribution in [3.63, 3.8) is 0 Å². The van der Waals surface area contributed by atoms with Crippen LogP contribution in [0.25, 0.3) is 0 Å². The fourth-order valence-corrected chi connectivity index (χ4v) is 0.414. The number of hydrogen-bond acceptors (Lipinski definition) is 2. The highest BCUT2D eigenvalue weighted by Gasteiger charge is 1.97. The first kappa shape index (κ1) is 9.14. The Hall–Kier alpha value is -0.860. The van der Waals surface area contributed by atoms with E-state index in [2.05, 4.69) is 4.74 Å². The summed E-state index contributed by atoms with van der Waals surface area (Å²) >= 11 is 0. The van der Waals surface area contributed by atoms with E-state index in [0.29, 0.717) is 0 Å². The Bertz CT molecular complexity index is 141. The van der Waals surface area contributed by atoms with Gasteiger partial charge in [-0.05, 0) is 13.3 Å². The summed E-state index contributed by atoms with van der Waals surface area (Å²) in [7, 11) is 0. The molecular weight excluding hydrogens is 135 g/mol. The van der Waals surface area contributed by atoms with Crippen LogP contribution in [-0.4, -0.2) is 12.6 Å². The minimum absolute atomic E-state index is 0.235. The van der Waals surface area contributed by atoms with Gasteiger partial charge in [-0.15, -0.1) is 0 Å². The zero-order valence-corrected chi connectivity index (χ0v) is 6.19. The summed E-state index contributed by atoms with van der Waals surface area (Å²) in [6.45, 7) is 3.59. The Morgan fingerprint density at radius 2 is 2.20 bits per heavy atom. The number of rotatable bonds is 3. The second-order valence-electron chi connectivity index (χ2n) is 1.70. The third-order valence-corrected chi connectivity index (χ3v) is 0.899. The number of ether oxygens (including phenoxy) is 1. The van der Waals surface area contributed by atoms with Gasteiger partial charge in [-0.25, -0.2) is 9.18 Å². The number of esters is 1. The van der Waals surface area contributed by atoms with Crippen molar-refractivity contribution in [3.8, 4) is 0 Å². The van der Waals surface area contributed by atoms with Crippen molar-refractivity contribution in [2.75, 3.05) is 6.61 Å². The van der Waals surface area contributed by atoms with Crippen molar-refractivity contribution in [3.05, 3.63) is 11.9 Å². The molecule has 0 aliphatic heterocycles. The minimum Gasteiger partial charge on any atom is -0.463 e. The Morgan fingerprint density at radius 3 is 2.60 bits per heavy atom. The second kappa shape index (κ2) is 4.97. The molecule has 0 radical (unpaired) electrons. The van der Waals surface area contributed by atoms with Crippen LogP contribution in [0.5, 0.6) is 0 Å². The fourth-order valence-electron chi connectivity index (χ4n) is 0.414. The molecule has 0 heterocycles. The van der Waals surface area contributed by atoms with Crippen molar-refractivity contribution in [1.29, 1.82) is 0 Å². The van der Waals surface area contributed by atoms with Gasteiger partial charge in [0, 0.05) is 0 Å². The van der Waals surface area contributed by atoms with Gasteiger partial charge in [-0.1, -0.05) is 6.92 Å². The third-order valence-electron chi connectivity index (χ3n) is 0.899. The molecule has 0 saturated carbocycles. The summed E-state index contributed by atoms with van der Waals surface area (Å²) in [5.41, 5.74) is 0. The van der Waals surface area contributed by atoms with Gasteiger partial charge < -0.3 is 4.74 Å². The molecule has 58 valence electrons. The van der Waals surface area contributed by atoms with Crippen LogP contribution >= 0.6 is 0 Å². The monoisotopic (exact) mass is 146 g/mol. The van der Waals surface area contributed by atoms with E-state index < -0.39 is 11.8 Å². The lowest BCUT2D eigenvalue weighted by atomic mass is 10.4. The summed E-state index contributed by atoms with van der Waals surface area (Å²) in [5.74, 6) is -1.06. The van der Waals surface area contributed by atoms with E-state index in [9.17, 15) is 9.18 Å². The Kier molecular flexibility index (Phi) is 4.54. The van der Waals surface area contributed by atoms with Crippen molar-refractivity contribution in [2.45, 2.75) is 20.3 Å². The van der Waals surface area contributed by atoms with E-state index in [0.717, 1.165) is 6.08 Å². The molecule has 0 rings (SSSR count). The van der Waals surface area contributed by atoms with Gasteiger partial charge in [0.1, 0.15) is 5.83 Å². The predicted octanol–water partition coefficient (Wildman–Crippen LogP) is 1.81. The van der Waals surface area contributed by atoms with Crippen molar-refractivity contribution < 1.29 is 13.9 Å². The lowest BCUT2D eigenvalue weighted by Gasteiger charge is -1.94. The number of carbonyl (C=O) groups is 1. The first-order chi connectivity index (χ1) is 4.70. The summed E-state index contributed by atoms with van der Waals surface area (Å²) in [6.07, 6.45) is 1.10. The van der Waals surface area contributed by atoms with Crippen LogP contribution in [0.1, 0.15) is 20.3 Å². The SMILES string of the molecule is CCOC(=O)/C=C(\F)CC. The number of carbonyl (C=O) groups excluding carboxylic acids is 1. The van der Waals surface area contributed by atoms with Gasteiger partial charge in [-0.2, -0.15) is 0 Å². The van der Waals surface area contributed by atoms with E-state index in [-0.39, 0.29) is 13.0 Å². The Labute approximate surface area is 59.7 Å². The summed E-state index contributed by atoms with van der Waals surface area (Å²) in [5, 5.41) is 0. The fraction of sp³-hybridized carbons (Fsp3) is 0.571. The average Bonchev–Trinajstić information content (AvgIpc) is 1.88. The predicted molar refractivity (Wildman–Crippen MR) is 36.1 cm³/mol. The molecule has 0 aliphatic rings. The van der Waals surface area contributed by atoms with Crippen LogP contribution in [0, 0.1) is 0 Å². The standard InChI is InChI=1S/C7H11FO2/c1-3-6(8)5-7(9)10-4-2/h5H,3-4H2,1-2H3/b6-5-. The normalized spacial score (nSPS) is 11.3. The molecule has 0 aromatic rings. The largest absolute Gasteiger partial charge is 0.463 e. The van der Waals surface area contributed by atoms with E-state index in [1.165, 1.54) is 0 Å². The maximum Gasteiger partial charge on any atom is 0.333 e. The Balaban J connectivity index is 3.75. The minimum atomic E-state index is -0.609. The van der Waals surface area contributed by atoms with Crippen molar-refractivity contribution >= 4 is 5.97 Å². The highest BCUT2D eigenvalue weighted by molar-refractivity contribution is 5.82.